The highest BCUT2D eigenvalue weighted by atomic mass is 35.5. The van der Waals surface area contributed by atoms with E-state index in [0.717, 1.165) is 44.6 Å². The van der Waals surface area contributed by atoms with Crippen LogP contribution in [0.1, 0.15) is 29.6 Å². The molecule has 3 aromatic rings. The standard InChI is InChI=1S/C20H17ClF3NO4S2/c21-17-15-5-1-2-6-16(15)30-18(17)25(12-4-3-11-20(22,23)24)31(28,29)14-9-7-13(8-10-14)19(26)27/h1-2,5-10H,3-4,11-12H2,(H,26,27). The summed E-state index contributed by atoms with van der Waals surface area (Å²) in [5, 5.41) is 10.1. The lowest BCUT2D eigenvalue weighted by atomic mass is 10.2. The molecule has 1 heterocycles. The van der Waals surface area contributed by atoms with Gasteiger partial charge in [0.25, 0.3) is 10.0 Å². The van der Waals surface area contributed by atoms with Crippen molar-refractivity contribution in [1.82, 2.24) is 0 Å². The van der Waals surface area contributed by atoms with Crippen LogP contribution in [0.5, 0.6) is 0 Å². The molecule has 0 radical (unpaired) electrons. The average molecular weight is 492 g/mol. The van der Waals surface area contributed by atoms with Gasteiger partial charge < -0.3 is 5.11 Å². The van der Waals surface area contributed by atoms with Crippen LogP contribution in [0.15, 0.2) is 53.4 Å². The fraction of sp³-hybridized carbons (Fsp3) is 0.250. The lowest BCUT2D eigenvalue weighted by Crippen LogP contribution is -2.31. The third kappa shape index (κ3) is 5.31. The summed E-state index contributed by atoms with van der Waals surface area (Å²) in [4.78, 5) is 10.9. The van der Waals surface area contributed by atoms with Gasteiger partial charge in [-0.15, -0.1) is 11.3 Å². The third-order valence-electron chi connectivity index (χ3n) is 4.51. The van der Waals surface area contributed by atoms with E-state index in [-0.39, 0.29) is 39.9 Å². The van der Waals surface area contributed by atoms with Gasteiger partial charge >= 0.3 is 12.1 Å². The van der Waals surface area contributed by atoms with Crippen molar-refractivity contribution < 1.29 is 31.5 Å². The molecular weight excluding hydrogens is 475 g/mol. The Morgan fingerprint density at radius 2 is 1.71 bits per heavy atom. The number of aromatic carboxylic acids is 1. The number of carbonyl (C=O) groups is 1. The van der Waals surface area contributed by atoms with Crippen LogP contribution in [0.2, 0.25) is 5.02 Å². The number of thiophene rings is 1. The smallest absolute Gasteiger partial charge is 0.389 e. The first-order valence-electron chi connectivity index (χ1n) is 9.10. The van der Waals surface area contributed by atoms with E-state index in [1.807, 2.05) is 0 Å². The van der Waals surface area contributed by atoms with Gasteiger partial charge in [-0.25, -0.2) is 13.2 Å². The predicted molar refractivity (Wildman–Crippen MR) is 115 cm³/mol. The van der Waals surface area contributed by atoms with Gasteiger partial charge in [0.1, 0.15) is 5.00 Å². The number of hydrogen-bond donors (Lipinski definition) is 1. The summed E-state index contributed by atoms with van der Waals surface area (Å²) >= 11 is 7.57. The predicted octanol–water partition coefficient (Wildman–Crippen LogP) is 6.18. The van der Waals surface area contributed by atoms with E-state index in [0.29, 0.717) is 5.39 Å². The number of carboxylic acid groups (broad SMARTS) is 1. The van der Waals surface area contributed by atoms with E-state index in [9.17, 15) is 26.4 Å². The third-order valence-corrected chi connectivity index (χ3v) is 8.12. The van der Waals surface area contributed by atoms with Crippen molar-refractivity contribution in [3.8, 4) is 0 Å². The number of unbranched alkanes of at least 4 members (excludes halogenated alkanes) is 1. The maximum Gasteiger partial charge on any atom is 0.389 e. The molecule has 0 aliphatic rings. The molecule has 0 atom stereocenters. The minimum Gasteiger partial charge on any atom is -0.478 e. The second kappa shape index (κ2) is 9.05. The summed E-state index contributed by atoms with van der Waals surface area (Å²) in [6.07, 6.45) is -5.62. The topological polar surface area (TPSA) is 74.7 Å². The highest BCUT2D eigenvalue weighted by Crippen LogP contribution is 2.43. The molecule has 3 rings (SSSR count). The van der Waals surface area contributed by atoms with Gasteiger partial charge in [0.2, 0.25) is 0 Å². The van der Waals surface area contributed by atoms with Crippen LogP contribution in [0.25, 0.3) is 10.1 Å². The van der Waals surface area contributed by atoms with E-state index in [1.54, 1.807) is 24.3 Å². The van der Waals surface area contributed by atoms with Gasteiger partial charge in [0, 0.05) is 23.1 Å². The largest absolute Gasteiger partial charge is 0.478 e. The minimum absolute atomic E-state index is 0.0312. The van der Waals surface area contributed by atoms with Gasteiger partial charge in [0.05, 0.1) is 15.5 Å². The maximum atomic E-state index is 13.3. The van der Waals surface area contributed by atoms with Crippen LogP contribution in [-0.2, 0) is 10.0 Å². The SMILES string of the molecule is O=C(O)c1ccc(S(=O)(=O)N(CCCCC(F)(F)F)c2sc3ccccc3c2Cl)cc1. The number of anilines is 1. The molecule has 11 heteroatoms. The maximum absolute atomic E-state index is 13.3. The second-order valence-electron chi connectivity index (χ2n) is 6.70. The molecule has 1 aromatic heterocycles. The summed E-state index contributed by atoms with van der Waals surface area (Å²) in [6, 6.07) is 11.6. The van der Waals surface area contributed by atoms with Crippen molar-refractivity contribution in [3.05, 3.63) is 59.1 Å². The van der Waals surface area contributed by atoms with E-state index in [2.05, 4.69) is 0 Å². The molecule has 0 amide bonds. The Bertz CT molecular complexity index is 1190. The number of alkyl halides is 3. The van der Waals surface area contributed by atoms with E-state index in [1.165, 1.54) is 0 Å². The van der Waals surface area contributed by atoms with E-state index < -0.39 is 28.6 Å². The van der Waals surface area contributed by atoms with Crippen molar-refractivity contribution in [2.75, 3.05) is 10.8 Å². The van der Waals surface area contributed by atoms with Gasteiger partial charge in [-0.05, 0) is 43.2 Å². The zero-order valence-corrected chi connectivity index (χ0v) is 18.3. The van der Waals surface area contributed by atoms with Crippen molar-refractivity contribution in [3.63, 3.8) is 0 Å². The Kier molecular flexibility index (Phi) is 6.82. The Hall–Kier alpha value is -2.30. The molecule has 0 aliphatic heterocycles. The molecule has 5 nitrogen and oxygen atoms in total. The molecule has 0 unspecified atom stereocenters. The van der Waals surface area contributed by atoms with Crippen molar-refractivity contribution in [2.24, 2.45) is 0 Å². The van der Waals surface area contributed by atoms with Crippen molar-refractivity contribution in [1.29, 1.82) is 0 Å². The zero-order valence-electron chi connectivity index (χ0n) is 15.9. The molecular formula is C20H17ClF3NO4S2. The molecule has 0 aliphatic carbocycles. The summed E-state index contributed by atoms with van der Waals surface area (Å²) < 4.78 is 65.9. The number of fused-ring (bicyclic) bond motifs is 1. The Morgan fingerprint density at radius 1 is 1.06 bits per heavy atom. The first-order valence-corrected chi connectivity index (χ1v) is 11.7. The first kappa shape index (κ1) is 23.4. The summed E-state index contributed by atoms with van der Waals surface area (Å²) in [5.74, 6) is -1.21. The molecule has 0 saturated carbocycles. The number of hydrogen-bond acceptors (Lipinski definition) is 4. The normalized spacial score (nSPS) is 12.3. The molecule has 166 valence electrons. The lowest BCUT2D eigenvalue weighted by Gasteiger charge is -2.23. The number of sulfonamides is 1. The molecule has 1 N–H and O–H groups in total. The van der Waals surface area contributed by atoms with Crippen LogP contribution in [0.3, 0.4) is 0 Å². The minimum atomic E-state index is -4.33. The number of carboxylic acids is 1. The molecule has 0 saturated heterocycles. The molecule has 0 fully saturated rings. The summed E-state index contributed by atoms with van der Waals surface area (Å²) in [6.45, 7) is -0.203. The van der Waals surface area contributed by atoms with Crippen molar-refractivity contribution in [2.45, 2.75) is 30.3 Å². The fourth-order valence-electron chi connectivity index (χ4n) is 2.97. The Balaban J connectivity index is 1.99. The highest BCUT2D eigenvalue weighted by Gasteiger charge is 2.30. The molecule has 2 aromatic carbocycles. The van der Waals surface area contributed by atoms with Gasteiger partial charge in [-0.3, -0.25) is 4.31 Å². The quantitative estimate of drug-likeness (QED) is 0.382. The van der Waals surface area contributed by atoms with Crippen LogP contribution in [0, 0.1) is 0 Å². The fourth-order valence-corrected chi connectivity index (χ4v) is 6.31. The zero-order chi connectivity index (χ0) is 22.8. The first-order chi connectivity index (χ1) is 14.5. The van der Waals surface area contributed by atoms with Crippen LogP contribution >= 0.6 is 22.9 Å². The summed E-state index contributed by atoms with van der Waals surface area (Å²) in [5.41, 5.74) is -0.0874. The van der Waals surface area contributed by atoms with Gasteiger partial charge in [-0.2, -0.15) is 13.2 Å². The lowest BCUT2D eigenvalue weighted by molar-refractivity contribution is -0.135. The molecule has 31 heavy (non-hydrogen) atoms. The Labute approximate surface area is 185 Å². The molecule has 0 spiro atoms. The number of rotatable bonds is 8. The molecule has 0 bridgehead atoms. The Morgan fingerprint density at radius 3 is 2.29 bits per heavy atom. The van der Waals surface area contributed by atoms with Gasteiger partial charge in [-0.1, -0.05) is 29.8 Å². The van der Waals surface area contributed by atoms with Crippen molar-refractivity contribution >= 4 is 54.0 Å². The van der Waals surface area contributed by atoms with Crippen LogP contribution in [0.4, 0.5) is 18.2 Å². The second-order valence-corrected chi connectivity index (χ2v) is 9.97. The van der Waals surface area contributed by atoms with E-state index in [4.69, 9.17) is 16.7 Å². The monoisotopic (exact) mass is 491 g/mol. The number of benzene rings is 2. The van der Waals surface area contributed by atoms with Gasteiger partial charge in [0.15, 0.2) is 0 Å². The average Bonchev–Trinajstić information content (AvgIpc) is 3.03. The van der Waals surface area contributed by atoms with Crippen LogP contribution < -0.4 is 4.31 Å². The summed E-state index contributed by atoms with van der Waals surface area (Å²) in [7, 11) is -4.20. The number of nitrogens with zero attached hydrogens (tertiary/aromatic N) is 1. The van der Waals surface area contributed by atoms with E-state index >= 15 is 0 Å². The van der Waals surface area contributed by atoms with Crippen LogP contribution in [-0.4, -0.2) is 32.2 Å². The highest BCUT2D eigenvalue weighted by molar-refractivity contribution is 7.93. The number of halogens is 4.